The van der Waals surface area contributed by atoms with E-state index in [1.807, 2.05) is 4.57 Å². The van der Waals surface area contributed by atoms with Crippen molar-refractivity contribution in [3.63, 3.8) is 0 Å². The van der Waals surface area contributed by atoms with Crippen molar-refractivity contribution in [2.24, 2.45) is 17.3 Å². The number of esters is 2. The second-order valence-corrected chi connectivity index (χ2v) is 8.13. The van der Waals surface area contributed by atoms with Crippen LogP contribution >= 0.6 is 11.6 Å². The molecule has 28 heavy (non-hydrogen) atoms. The van der Waals surface area contributed by atoms with Gasteiger partial charge in [-0.05, 0) is 37.5 Å². The van der Waals surface area contributed by atoms with Gasteiger partial charge >= 0.3 is 11.9 Å². The molecule has 2 N–H and O–H groups in total. The summed E-state index contributed by atoms with van der Waals surface area (Å²) in [5.74, 6) is 0.00974. The Balaban J connectivity index is 1.57. The molecule has 2 saturated carbocycles. The van der Waals surface area contributed by atoms with Crippen LogP contribution in [0.2, 0.25) is 5.15 Å². The van der Waals surface area contributed by atoms with E-state index in [2.05, 4.69) is 15.0 Å². The zero-order valence-corrected chi connectivity index (χ0v) is 16.5. The van der Waals surface area contributed by atoms with E-state index in [9.17, 15) is 9.59 Å². The van der Waals surface area contributed by atoms with E-state index in [0.29, 0.717) is 35.8 Å². The summed E-state index contributed by atoms with van der Waals surface area (Å²) in [6, 6.07) is 0.180. The molecule has 2 fully saturated rings. The first-order valence-electron chi connectivity index (χ1n) is 9.17. The average molecular weight is 408 g/mol. The van der Waals surface area contributed by atoms with Crippen LogP contribution in [0.25, 0.3) is 11.2 Å². The highest BCUT2D eigenvalue weighted by atomic mass is 35.5. The fraction of sp³-hybridized carbons (Fsp3) is 0.611. The first-order valence-corrected chi connectivity index (χ1v) is 9.55. The third-order valence-electron chi connectivity index (χ3n) is 6.24. The number of rotatable bonds is 4. The standard InChI is InChI=1S/C18H22ClN5O4/c1-27-12(25)7-18(16(26)28-2)5-9-3-11(4-10(9)6-18)24-8-21-13-14(19)22-17(20)23-15(13)24/h8-11H,3-7H2,1-2H3,(H2,20,22,23)/t9-,10+,11?,18?. The summed E-state index contributed by atoms with van der Waals surface area (Å²) >= 11 is 6.13. The third-order valence-corrected chi connectivity index (χ3v) is 6.50. The fourth-order valence-electron chi connectivity index (χ4n) is 5.11. The lowest BCUT2D eigenvalue weighted by molar-refractivity contribution is -0.159. The maximum Gasteiger partial charge on any atom is 0.312 e. The Morgan fingerprint density at radius 3 is 2.54 bits per heavy atom. The fourth-order valence-corrected chi connectivity index (χ4v) is 5.33. The lowest BCUT2D eigenvalue weighted by Gasteiger charge is -2.26. The van der Waals surface area contributed by atoms with Crippen molar-refractivity contribution in [1.29, 1.82) is 0 Å². The van der Waals surface area contributed by atoms with Gasteiger partial charge < -0.3 is 19.8 Å². The Morgan fingerprint density at radius 2 is 1.93 bits per heavy atom. The molecule has 2 unspecified atom stereocenters. The van der Waals surface area contributed by atoms with Crippen molar-refractivity contribution < 1.29 is 19.1 Å². The molecular formula is C18H22ClN5O4. The Kier molecular flexibility index (Phi) is 4.65. The van der Waals surface area contributed by atoms with Gasteiger partial charge in [0.2, 0.25) is 5.95 Å². The van der Waals surface area contributed by atoms with Gasteiger partial charge in [-0.1, -0.05) is 11.6 Å². The topological polar surface area (TPSA) is 122 Å². The highest BCUT2D eigenvalue weighted by molar-refractivity contribution is 6.33. The number of halogens is 1. The van der Waals surface area contributed by atoms with Crippen LogP contribution in [-0.2, 0) is 19.1 Å². The van der Waals surface area contributed by atoms with Gasteiger partial charge in [-0.15, -0.1) is 0 Å². The smallest absolute Gasteiger partial charge is 0.312 e. The number of fused-ring (bicyclic) bond motifs is 2. The van der Waals surface area contributed by atoms with Crippen LogP contribution < -0.4 is 5.73 Å². The molecule has 0 radical (unpaired) electrons. The third kappa shape index (κ3) is 2.97. The van der Waals surface area contributed by atoms with E-state index >= 15 is 0 Å². The SMILES string of the molecule is COC(=O)CC1(C(=O)OC)C[C@H]2CC(n3cnc4c(Cl)nc(N)nc43)C[C@H]2C1. The van der Waals surface area contributed by atoms with Crippen molar-refractivity contribution in [1.82, 2.24) is 19.5 Å². The molecule has 4 rings (SSSR count). The predicted octanol–water partition coefficient (Wildman–Crippen LogP) is 2.15. The van der Waals surface area contributed by atoms with E-state index in [4.69, 9.17) is 26.8 Å². The minimum Gasteiger partial charge on any atom is -0.469 e. The largest absolute Gasteiger partial charge is 0.469 e. The number of nitrogens with two attached hydrogens (primary N) is 1. The molecule has 2 heterocycles. The average Bonchev–Trinajstić information content (AvgIpc) is 3.32. The van der Waals surface area contributed by atoms with Crippen molar-refractivity contribution in [2.45, 2.75) is 38.1 Å². The molecule has 4 atom stereocenters. The predicted molar refractivity (Wildman–Crippen MR) is 100 cm³/mol. The summed E-state index contributed by atoms with van der Waals surface area (Å²) in [4.78, 5) is 37.0. The van der Waals surface area contributed by atoms with Gasteiger partial charge in [-0.25, -0.2) is 4.98 Å². The Bertz CT molecular complexity index is 931. The number of anilines is 1. The van der Waals surface area contributed by atoms with Crippen molar-refractivity contribution >= 4 is 40.7 Å². The summed E-state index contributed by atoms with van der Waals surface area (Å²) in [6.07, 6.45) is 4.72. The first kappa shape index (κ1) is 18.9. The van der Waals surface area contributed by atoms with Crippen LogP contribution in [-0.4, -0.2) is 45.7 Å². The molecule has 9 nitrogen and oxygen atoms in total. The van der Waals surface area contributed by atoms with E-state index in [1.54, 1.807) is 6.33 Å². The molecule has 0 bridgehead atoms. The minimum atomic E-state index is -0.797. The van der Waals surface area contributed by atoms with E-state index in [0.717, 1.165) is 12.8 Å². The second-order valence-electron chi connectivity index (χ2n) is 7.78. The van der Waals surface area contributed by atoms with Gasteiger partial charge in [0.25, 0.3) is 0 Å². The maximum atomic E-state index is 12.5. The molecule has 10 heteroatoms. The maximum absolute atomic E-state index is 12.5. The molecule has 2 aromatic rings. The second kappa shape index (κ2) is 6.88. The number of hydrogen-bond acceptors (Lipinski definition) is 8. The number of carbonyl (C=O) groups is 2. The monoisotopic (exact) mass is 407 g/mol. The first-order chi connectivity index (χ1) is 13.4. The van der Waals surface area contributed by atoms with Crippen molar-refractivity contribution in [3.05, 3.63) is 11.5 Å². The highest BCUT2D eigenvalue weighted by Gasteiger charge is 2.55. The molecule has 2 aliphatic rings. The van der Waals surface area contributed by atoms with Crippen LogP contribution in [0.15, 0.2) is 6.33 Å². The molecule has 0 aromatic carbocycles. The molecule has 2 aliphatic carbocycles. The van der Waals surface area contributed by atoms with E-state index in [1.165, 1.54) is 14.2 Å². The van der Waals surface area contributed by atoms with Crippen LogP contribution in [0.5, 0.6) is 0 Å². The van der Waals surface area contributed by atoms with Gasteiger partial charge in [0.1, 0.15) is 5.52 Å². The number of nitrogen functional groups attached to an aromatic ring is 1. The summed E-state index contributed by atoms with van der Waals surface area (Å²) in [5, 5.41) is 0.238. The number of imidazole rings is 1. The summed E-state index contributed by atoms with van der Waals surface area (Å²) in [5.41, 5.74) is 6.10. The Morgan fingerprint density at radius 1 is 1.25 bits per heavy atom. The molecular weight excluding hydrogens is 386 g/mol. The summed E-state index contributed by atoms with van der Waals surface area (Å²) in [6.45, 7) is 0. The van der Waals surface area contributed by atoms with Crippen LogP contribution in [0.1, 0.15) is 38.1 Å². The lowest BCUT2D eigenvalue weighted by Crippen LogP contribution is -2.33. The van der Waals surface area contributed by atoms with E-state index < -0.39 is 5.41 Å². The molecule has 0 saturated heterocycles. The number of carbonyl (C=O) groups excluding carboxylic acids is 2. The summed E-state index contributed by atoms with van der Waals surface area (Å²) in [7, 11) is 2.70. The normalized spacial score (nSPS) is 29.0. The molecule has 0 amide bonds. The molecule has 150 valence electrons. The lowest BCUT2D eigenvalue weighted by atomic mass is 9.80. The van der Waals surface area contributed by atoms with E-state index in [-0.39, 0.29) is 35.5 Å². The minimum absolute atomic E-state index is 0.0568. The van der Waals surface area contributed by atoms with Gasteiger partial charge in [0, 0.05) is 6.04 Å². The highest BCUT2D eigenvalue weighted by Crippen LogP contribution is 2.57. The van der Waals surface area contributed by atoms with Crippen molar-refractivity contribution in [3.8, 4) is 0 Å². The molecule has 2 aromatic heterocycles. The number of nitrogens with zero attached hydrogens (tertiary/aromatic N) is 4. The van der Waals surface area contributed by atoms with Crippen LogP contribution in [0.3, 0.4) is 0 Å². The number of aromatic nitrogens is 4. The zero-order chi connectivity index (χ0) is 20.1. The quantitative estimate of drug-likeness (QED) is 0.604. The van der Waals surface area contributed by atoms with Crippen LogP contribution in [0.4, 0.5) is 5.95 Å². The van der Waals surface area contributed by atoms with Crippen LogP contribution in [0, 0.1) is 17.3 Å². The molecule has 0 aliphatic heterocycles. The Labute approximate surface area is 166 Å². The van der Waals surface area contributed by atoms with Gasteiger partial charge in [-0.3, -0.25) is 9.59 Å². The number of methoxy groups -OCH3 is 2. The Hall–Kier alpha value is -2.42. The van der Waals surface area contributed by atoms with Gasteiger partial charge in [-0.2, -0.15) is 9.97 Å². The molecule has 0 spiro atoms. The van der Waals surface area contributed by atoms with Gasteiger partial charge in [0.05, 0.1) is 32.4 Å². The van der Waals surface area contributed by atoms with Gasteiger partial charge in [0.15, 0.2) is 10.8 Å². The van der Waals surface area contributed by atoms with Crippen molar-refractivity contribution in [2.75, 3.05) is 20.0 Å². The number of hydrogen-bond donors (Lipinski definition) is 1. The zero-order valence-electron chi connectivity index (χ0n) is 15.7. The number of ether oxygens (including phenoxy) is 2. The summed E-state index contributed by atoms with van der Waals surface area (Å²) < 4.78 is 11.8.